The number of piperazine rings is 1. The van der Waals surface area contributed by atoms with Gasteiger partial charge in [-0.05, 0) is 12.3 Å². The molecule has 9 nitrogen and oxygen atoms in total. The van der Waals surface area contributed by atoms with Gasteiger partial charge in [-0.3, -0.25) is 24.1 Å². The number of carbonyl (C=O) groups is 2. The van der Waals surface area contributed by atoms with Gasteiger partial charge in [0.2, 0.25) is 11.8 Å². The van der Waals surface area contributed by atoms with Gasteiger partial charge < -0.3 is 4.90 Å². The number of carbonyl (C=O) groups excluding carboxylic acids is 2. The SMILES string of the molecule is CC(C)CCN1C(=O)CC(N2CCN(c3ncnc4c3cnn4C)CC2)C1=O. The lowest BCUT2D eigenvalue weighted by Gasteiger charge is -2.37. The highest BCUT2D eigenvalue weighted by atomic mass is 16.2. The molecule has 9 heteroatoms. The quantitative estimate of drug-likeness (QED) is 0.699. The molecule has 1 atom stereocenters. The summed E-state index contributed by atoms with van der Waals surface area (Å²) >= 11 is 0. The van der Waals surface area contributed by atoms with Crippen molar-refractivity contribution >= 4 is 28.7 Å². The van der Waals surface area contributed by atoms with E-state index in [1.54, 1.807) is 17.2 Å². The summed E-state index contributed by atoms with van der Waals surface area (Å²) in [6.45, 7) is 7.71. The lowest BCUT2D eigenvalue weighted by Crippen LogP contribution is -2.52. The van der Waals surface area contributed by atoms with E-state index in [4.69, 9.17) is 0 Å². The molecule has 2 saturated heterocycles. The third kappa shape index (κ3) is 3.34. The van der Waals surface area contributed by atoms with Gasteiger partial charge in [-0.2, -0.15) is 5.10 Å². The number of fused-ring (bicyclic) bond motifs is 1. The molecule has 2 fully saturated rings. The zero-order chi connectivity index (χ0) is 19.8. The number of rotatable bonds is 5. The van der Waals surface area contributed by atoms with Crippen molar-refractivity contribution in [1.82, 2.24) is 29.5 Å². The average Bonchev–Trinajstić information content (AvgIpc) is 3.20. The van der Waals surface area contributed by atoms with E-state index in [1.807, 2.05) is 7.05 Å². The van der Waals surface area contributed by atoms with Gasteiger partial charge in [-0.15, -0.1) is 0 Å². The molecule has 0 N–H and O–H groups in total. The van der Waals surface area contributed by atoms with Gasteiger partial charge in [-0.1, -0.05) is 13.8 Å². The fraction of sp³-hybridized carbons (Fsp3) is 0.632. The van der Waals surface area contributed by atoms with Crippen molar-refractivity contribution < 1.29 is 9.59 Å². The molecule has 28 heavy (non-hydrogen) atoms. The largest absolute Gasteiger partial charge is 0.353 e. The van der Waals surface area contributed by atoms with Crippen LogP contribution < -0.4 is 4.90 Å². The first-order chi connectivity index (χ1) is 13.5. The van der Waals surface area contributed by atoms with Crippen LogP contribution in [-0.4, -0.2) is 80.1 Å². The highest BCUT2D eigenvalue weighted by molar-refractivity contribution is 6.05. The summed E-state index contributed by atoms with van der Waals surface area (Å²) in [6, 6.07) is -0.314. The summed E-state index contributed by atoms with van der Waals surface area (Å²) in [5.74, 6) is 1.28. The second-order valence-corrected chi connectivity index (χ2v) is 8.01. The van der Waals surface area contributed by atoms with Crippen molar-refractivity contribution in [3.63, 3.8) is 0 Å². The summed E-state index contributed by atoms with van der Waals surface area (Å²) in [5, 5.41) is 5.21. The van der Waals surface area contributed by atoms with Crippen molar-refractivity contribution in [2.75, 3.05) is 37.6 Å². The summed E-state index contributed by atoms with van der Waals surface area (Å²) in [5.41, 5.74) is 0.810. The molecular formula is C19H27N7O2. The molecule has 1 unspecified atom stereocenters. The van der Waals surface area contributed by atoms with Gasteiger partial charge in [-0.25, -0.2) is 9.97 Å². The van der Waals surface area contributed by atoms with Gasteiger partial charge in [0.15, 0.2) is 5.65 Å². The standard InChI is InChI=1S/C19H27N7O2/c1-13(2)4-5-26-16(27)10-15(19(26)28)24-6-8-25(9-7-24)18-14-11-22-23(3)17(14)20-12-21-18/h11-13,15H,4-10H2,1-3H3. The van der Waals surface area contributed by atoms with Gasteiger partial charge in [0.1, 0.15) is 12.1 Å². The minimum Gasteiger partial charge on any atom is -0.353 e. The Morgan fingerprint density at radius 1 is 1.14 bits per heavy atom. The lowest BCUT2D eigenvalue weighted by molar-refractivity contribution is -0.139. The molecule has 2 aliphatic heterocycles. The second-order valence-electron chi connectivity index (χ2n) is 8.01. The molecule has 2 aromatic rings. The number of hydrogen-bond acceptors (Lipinski definition) is 7. The number of amides is 2. The normalized spacial score (nSPS) is 21.5. The van der Waals surface area contributed by atoms with E-state index >= 15 is 0 Å². The Labute approximate surface area is 164 Å². The number of imide groups is 1. The van der Waals surface area contributed by atoms with E-state index in [-0.39, 0.29) is 17.9 Å². The third-order valence-electron chi connectivity index (χ3n) is 5.71. The number of aromatic nitrogens is 4. The molecule has 2 amide bonds. The number of likely N-dealkylation sites (tertiary alicyclic amines) is 1. The van der Waals surface area contributed by atoms with Crippen LogP contribution in [0.25, 0.3) is 11.0 Å². The van der Waals surface area contributed by atoms with Crippen molar-refractivity contribution in [3.05, 3.63) is 12.5 Å². The maximum atomic E-state index is 12.8. The van der Waals surface area contributed by atoms with E-state index < -0.39 is 0 Å². The van der Waals surface area contributed by atoms with E-state index in [9.17, 15) is 9.59 Å². The Bertz CT molecular complexity index is 886. The van der Waals surface area contributed by atoms with Crippen LogP contribution in [0.5, 0.6) is 0 Å². The van der Waals surface area contributed by atoms with Crippen LogP contribution in [0.1, 0.15) is 26.7 Å². The van der Waals surface area contributed by atoms with E-state index in [2.05, 4.69) is 38.7 Å². The average molecular weight is 385 g/mol. The van der Waals surface area contributed by atoms with Crippen LogP contribution in [0.2, 0.25) is 0 Å². The Morgan fingerprint density at radius 3 is 2.61 bits per heavy atom. The van der Waals surface area contributed by atoms with Crippen molar-refractivity contribution in [3.8, 4) is 0 Å². The van der Waals surface area contributed by atoms with E-state index in [0.717, 1.165) is 49.5 Å². The van der Waals surface area contributed by atoms with Gasteiger partial charge >= 0.3 is 0 Å². The fourth-order valence-corrected chi connectivity index (χ4v) is 4.02. The summed E-state index contributed by atoms with van der Waals surface area (Å²) in [6.07, 6.45) is 4.52. The summed E-state index contributed by atoms with van der Waals surface area (Å²) in [7, 11) is 1.87. The van der Waals surface area contributed by atoms with Crippen molar-refractivity contribution in [2.45, 2.75) is 32.7 Å². The molecule has 0 saturated carbocycles. The minimum atomic E-state index is -0.314. The zero-order valence-electron chi connectivity index (χ0n) is 16.7. The predicted molar refractivity (Wildman–Crippen MR) is 105 cm³/mol. The molecule has 150 valence electrons. The first kappa shape index (κ1) is 18.8. The molecular weight excluding hydrogens is 358 g/mol. The number of anilines is 1. The number of nitrogens with zero attached hydrogens (tertiary/aromatic N) is 7. The van der Waals surface area contributed by atoms with Crippen molar-refractivity contribution in [2.24, 2.45) is 13.0 Å². The van der Waals surface area contributed by atoms with Crippen LogP contribution in [0.4, 0.5) is 5.82 Å². The molecule has 4 heterocycles. The van der Waals surface area contributed by atoms with E-state index in [1.165, 1.54) is 4.90 Å². The van der Waals surface area contributed by atoms with Crippen LogP contribution in [0.15, 0.2) is 12.5 Å². The molecule has 0 aromatic carbocycles. The molecule has 0 bridgehead atoms. The molecule has 0 aliphatic carbocycles. The fourth-order valence-electron chi connectivity index (χ4n) is 4.02. The maximum absolute atomic E-state index is 12.8. The first-order valence-electron chi connectivity index (χ1n) is 9.91. The number of aryl methyl sites for hydroxylation is 1. The third-order valence-corrected chi connectivity index (χ3v) is 5.71. The molecule has 0 radical (unpaired) electrons. The maximum Gasteiger partial charge on any atom is 0.247 e. The Morgan fingerprint density at radius 2 is 1.89 bits per heavy atom. The van der Waals surface area contributed by atoms with Crippen LogP contribution in [0.3, 0.4) is 0 Å². The number of hydrogen-bond donors (Lipinski definition) is 0. The van der Waals surface area contributed by atoms with E-state index in [0.29, 0.717) is 18.9 Å². The zero-order valence-corrected chi connectivity index (χ0v) is 16.7. The molecule has 0 spiro atoms. The molecule has 2 aromatic heterocycles. The Kier molecular flexibility index (Phi) is 5.01. The highest BCUT2D eigenvalue weighted by Gasteiger charge is 2.42. The Balaban J connectivity index is 1.41. The minimum absolute atomic E-state index is 0.0317. The van der Waals surface area contributed by atoms with Gasteiger partial charge in [0, 0.05) is 39.8 Å². The Hall–Kier alpha value is -2.55. The van der Waals surface area contributed by atoms with Crippen LogP contribution in [-0.2, 0) is 16.6 Å². The van der Waals surface area contributed by atoms with Crippen LogP contribution in [0, 0.1) is 5.92 Å². The lowest BCUT2D eigenvalue weighted by atomic mass is 10.1. The van der Waals surface area contributed by atoms with Gasteiger partial charge in [0.05, 0.1) is 24.0 Å². The van der Waals surface area contributed by atoms with Crippen molar-refractivity contribution in [1.29, 1.82) is 0 Å². The first-order valence-corrected chi connectivity index (χ1v) is 9.91. The topological polar surface area (TPSA) is 87.5 Å². The molecule has 2 aliphatic rings. The predicted octanol–water partition coefficient (Wildman–Crippen LogP) is 0.659. The van der Waals surface area contributed by atoms with Crippen LogP contribution >= 0.6 is 0 Å². The van der Waals surface area contributed by atoms with Gasteiger partial charge in [0.25, 0.3) is 0 Å². The smallest absolute Gasteiger partial charge is 0.247 e. The highest BCUT2D eigenvalue weighted by Crippen LogP contribution is 2.26. The second kappa shape index (κ2) is 7.46. The monoisotopic (exact) mass is 385 g/mol. The molecule has 4 rings (SSSR count). The summed E-state index contributed by atoms with van der Waals surface area (Å²) in [4.78, 5) is 39.7. The summed E-state index contributed by atoms with van der Waals surface area (Å²) < 4.78 is 1.74.